The van der Waals surface area contributed by atoms with E-state index in [-0.39, 0.29) is 11.5 Å². The molecule has 6 heteroatoms. The van der Waals surface area contributed by atoms with Crippen LogP contribution in [0.2, 0.25) is 0 Å². The zero-order chi connectivity index (χ0) is 19.7. The van der Waals surface area contributed by atoms with Crippen LogP contribution in [0.4, 0.5) is 0 Å². The summed E-state index contributed by atoms with van der Waals surface area (Å²) in [6.07, 6.45) is 7.93. The highest BCUT2D eigenvalue weighted by Gasteiger charge is 2.09. The molecule has 0 amide bonds. The second-order valence-corrected chi connectivity index (χ2v) is 7.46. The van der Waals surface area contributed by atoms with Crippen LogP contribution in [-0.2, 0) is 16.8 Å². The molecule has 146 valence electrons. The van der Waals surface area contributed by atoms with Gasteiger partial charge in [-0.15, -0.1) is 0 Å². The highest BCUT2D eigenvalue weighted by molar-refractivity contribution is 7.81. The lowest BCUT2D eigenvalue weighted by Crippen LogP contribution is -2.06. The van der Waals surface area contributed by atoms with E-state index in [1.165, 1.54) is 17.2 Å². The first-order valence-electron chi connectivity index (χ1n) is 9.11. The van der Waals surface area contributed by atoms with Crippen molar-refractivity contribution in [2.45, 2.75) is 45.4 Å². The zero-order valence-corrected chi connectivity index (χ0v) is 16.3. The van der Waals surface area contributed by atoms with Crippen LogP contribution in [0.25, 0.3) is 5.57 Å². The predicted molar refractivity (Wildman–Crippen MR) is 107 cm³/mol. The molecule has 2 rings (SSSR count). The van der Waals surface area contributed by atoms with Gasteiger partial charge in [0.05, 0.1) is 0 Å². The van der Waals surface area contributed by atoms with Crippen molar-refractivity contribution >= 4 is 16.0 Å². The van der Waals surface area contributed by atoms with Gasteiger partial charge in [-0.2, -0.15) is 8.42 Å². The molecule has 5 nitrogen and oxygen atoms in total. The summed E-state index contributed by atoms with van der Waals surface area (Å²) >= 11 is 0. The van der Waals surface area contributed by atoms with E-state index in [4.69, 9.17) is 4.55 Å². The smallest absolute Gasteiger partial charge is 0.446 e. The summed E-state index contributed by atoms with van der Waals surface area (Å²) in [5, 5.41) is 9.69. The quantitative estimate of drug-likeness (QED) is 0.432. The molecule has 0 aliphatic heterocycles. The number of unbranched alkanes of at least 4 members (excludes halogenated alkanes) is 2. The van der Waals surface area contributed by atoms with E-state index in [1.807, 2.05) is 18.2 Å². The standard InChI is InChI=1S/C21H26O5S/c1-2-9-18(19-12-7-4-8-13-19)11-6-3-5-10-17-14-20(22)16-21(15-17)26-27(23,24)25/h4,7-8,11-16,22H,2-3,5-6,9-10H2,1H3,(H,23,24,25)/b18-11+. The molecule has 0 aliphatic rings. The summed E-state index contributed by atoms with van der Waals surface area (Å²) in [6, 6.07) is 14.6. The van der Waals surface area contributed by atoms with Gasteiger partial charge in [0.15, 0.2) is 0 Å². The Morgan fingerprint density at radius 3 is 2.52 bits per heavy atom. The van der Waals surface area contributed by atoms with Crippen molar-refractivity contribution in [3.8, 4) is 11.5 Å². The molecule has 0 heterocycles. The van der Waals surface area contributed by atoms with Gasteiger partial charge in [0, 0.05) is 6.07 Å². The Hall–Kier alpha value is -2.31. The summed E-state index contributed by atoms with van der Waals surface area (Å²) in [5.41, 5.74) is 3.38. The van der Waals surface area contributed by atoms with Crippen molar-refractivity contribution in [3.63, 3.8) is 0 Å². The maximum absolute atomic E-state index is 10.8. The van der Waals surface area contributed by atoms with Gasteiger partial charge in [0.25, 0.3) is 0 Å². The van der Waals surface area contributed by atoms with Crippen LogP contribution in [-0.4, -0.2) is 18.1 Å². The van der Waals surface area contributed by atoms with Gasteiger partial charge in [0.1, 0.15) is 11.5 Å². The monoisotopic (exact) mass is 390 g/mol. The van der Waals surface area contributed by atoms with Crippen LogP contribution in [0.5, 0.6) is 11.5 Å². The average molecular weight is 391 g/mol. The minimum atomic E-state index is -4.60. The van der Waals surface area contributed by atoms with Gasteiger partial charge < -0.3 is 9.29 Å². The van der Waals surface area contributed by atoms with Crippen LogP contribution in [0.3, 0.4) is 0 Å². The minimum Gasteiger partial charge on any atom is -0.508 e. The molecule has 0 saturated heterocycles. The molecule has 0 unspecified atom stereocenters. The molecule has 2 aromatic carbocycles. The minimum absolute atomic E-state index is 0.0956. The molecular formula is C21H26O5S. The molecule has 0 aromatic heterocycles. The number of phenolic OH excluding ortho intramolecular Hbond substituents is 1. The van der Waals surface area contributed by atoms with Crippen LogP contribution >= 0.6 is 0 Å². The van der Waals surface area contributed by atoms with E-state index in [0.29, 0.717) is 6.42 Å². The van der Waals surface area contributed by atoms with Crippen molar-refractivity contribution in [3.05, 3.63) is 65.7 Å². The van der Waals surface area contributed by atoms with E-state index in [9.17, 15) is 13.5 Å². The first-order valence-corrected chi connectivity index (χ1v) is 10.5. The van der Waals surface area contributed by atoms with Crippen LogP contribution in [0.1, 0.15) is 50.2 Å². The van der Waals surface area contributed by atoms with Gasteiger partial charge in [0.2, 0.25) is 0 Å². The number of benzene rings is 2. The molecule has 0 aliphatic carbocycles. The van der Waals surface area contributed by atoms with Gasteiger partial charge in [-0.3, -0.25) is 4.55 Å². The van der Waals surface area contributed by atoms with E-state index >= 15 is 0 Å². The van der Waals surface area contributed by atoms with Crippen molar-refractivity contribution in [2.75, 3.05) is 0 Å². The topological polar surface area (TPSA) is 83.8 Å². The van der Waals surface area contributed by atoms with Crippen molar-refractivity contribution < 1.29 is 22.3 Å². The zero-order valence-electron chi connectivity index (χ0n) is 15.5. The summed E-state index contributed by atoms with van der Waals surface area (Å²) < 4.78 is 34.8. The fourth-order valence-electron chi connectivity index (χ4n) is 2.99. The fraction of sp³-hybridized carbons (Fsp3) is 0.333. The first-order chi connectivity index (χ1) is 12.9. The van der Waals surface area contributed by atoms with Gasteiger partial charge in [-0.05, 0) is 60.9 Å². The summed E-state index contributed by atoms with van der Waals surface area (Å²) in [5.74, 6) is -0.193. The molecule has 0 spiro atoms. The number of allylic oxidation sites excluding steroid dienone is 2. The fourth-order valence-corrected chi connectivity index (χ4v) is 3.33. The van der Waals surface area contributed by atoms with Gasteiger partial charge >= 0.3 is 10.4 Å². The highest BCUT2D eigenvalue weighted by Crippen LogP contribution is 2.25. The Balaban J connectivity index is 1.90. The number of phenols is 1. The van der Waals surface area contributed by atoms with E-state index < -0.39 is 10.4 Å². The molecular weight excluding hydrogens is 364 g/mol. The van der Waals surface area contributed by atoms with Crippen molar-refractivity contribution in [1.29, 1.82) is 0 Å². The molecule has 0 atom stereocenters. The average Bonchev–Trinajstić information content (AvgIpc) is 2.59. The lowest BCUT2D eigenvalue weighted by atomic mass is 9.99. The third-order valence-corrected chi connectivity index (χ3v) is 4.53. The molecule has 2 aromatic rings. The maximum atomic E-state index is 10.8. The predicted octanol–water partition coefficient (Wildman–Crippen LogP) is 5.17. The molecule has 0 radical (unpaired) electrons. The third kappa shape index (κ3) is 7.85. The number of hydrogen-bond acceptors (Lipinski definition) is 4. The van der Waals surface area contributed by atoms with Gasteiger partial charge in [-0.1, -0.05) is 49.8 Å². The Morgan fingerprint density at radius 1 is 1.11 bits per heavy atom. The number of hydrogen-bond donors (Lipinski definition) is 2. The number of rotatable bonds is 10. The van der Waals surface area contributed by atoms with Crippen molar-refractivity contribution in [1.82, 2.24) is 0 Å². The largest absolute Gasteiger partial charge is 0.508 e. The molecule has 2 N–H and O–H groups in total. The first kappa shape index (κ1) is 21.0. The van der Waals surface area contributed by atoms with Crippen LogP contribution in [0, 0.1) is 0 Å². The lowest BCUT2D eigenvalue weighted by molar-refractivity contribution is 0.385. The second kappa shape index (κ2) is 10.1. The van der Waals surface area contributed by atoms with E-state index in [0.717, 1.165) is 43.7 Å². The Labute approximate surface area is 161 Å². The highest BCUT2D eigenvalue weighted by atomic mass is 32.3. The second-order valence-electron chi connectivity index (χ2n) is 6.44. The van der Waals surface area contributed by atoms with Crippen LogP contribution < -0.4 is 4.18 Å². The Bertz CT molecular complexity index is 857. The number of aromatic hydroxyl groups is 1. The van der Waals surface area contributed by atoms with Crippen molar-refractivity contribution in [2.24, 2.45) is 0 Å². The normalized spacial score (nSPS) is 12.1. The van der Waals surface area contributed by atoms with E-state index in [2.05, 4.69) is 29.3 Å². The molecule has 0 saturated carbocycles. The van der Waals surface area contributed by atoms with Crippen LogP contribution in [0.15, 0.2) is 54.6 Å². The summed E-state index contributed by atoms with van der Waals surface area (Å²) in [4.78, 5) is 0. The molecule has 0 fully saturated rings. The molecule has 0 bridgehead atoms. The van der Waals surface area contributed by atoms with Gasteiger partial charge in [-0.25, -0.2) is 0 Å². The van der Waals surface area contributed by atoms with E-state index in [1.54, 1.807) is 6.07 Å². The Kier molecular flexibility index (Phi) is 7.88. The maximum Gasteiger partial charge on any atom is 0.446 e. The lowest BCUT2D eigenvalue weighted by Gasteiger charge is -2.08. The molecule has 27 heavy (non-hydrogen) atoms. The number of aryl methyl sites for hydroxylation is 1. The Morgan fingerprint density at radius 2 is 1.85 bits per heavy atom. The summed E-state index contributed by atoms with van der Waals surface area (Å²) in [6.45, 7) is 2.17. The summed E-state index contributed by atoms with van der Waals surface area (Å²) in [7, 11) is -4.60. The SMILES string of the molecule is CCC/C(=C\CCCCc1cc(O)cc(OS(=O)(=O)O)c1)c1ccccc1. The third-order valence-electron chi connectivity index (χ3n) is 4.13.